The van der Waals surface area contributed by atoms with Crippen LogP contribution in [-0.2, 0) is 46.8 Å². The summed E-state index contributed by atoms with van der Waals surface area (Å²) < 4.78 is 3.34. The van der Waals surface area contributed by atoms with Crippen LogP contribution in [0.25, 0.3) is 0 Å². The predicted molar refractivity (Wildman–Crippen MR) is 50.3 cm³/mol. The summed E-state index contributed by atoms with van der Waals surface area (Å²) in [7, 11) is 3.68. The third-order valence-corrected chi connectivity index (χ3v) is 1.83. The number of aromatic nitrogens is 6. The van der Waals surface area contributed by atoms with Crippen LogP contribution < -0.4 is 0 Å². The predicted octanol–water partition coefficient (Wildman–Crippen LogP) is 0.0447. The Morgan fingerprint density at radius 1 is 1.20 bits per heavy atom. The van der Waals surface area contributed by atoms with Gasteiger partial charge in [-0.25, -0.2) is 0 Å². The monoisotopic (exact) mass is 282 g/mol. The van der Waals surface area contributed by atoms with E-state index in [1.165, 1.54) is 0 Å². The van der Waals surface area contributed by atoms with E-state index < -0.39 is 0 Å². The summed E-state index contributed by atoms with van der Waals surface area (Å²) in [6.45, 7) is 3.94. The molecule has 15 heavy (non-hydrogen) atoms. The summed E-state index contributed by atoms with van der Waals surface area (Å²) in [5, 5.41) is 14.5. The summed E-state index contributed by atoms with van der Waals surface area (Å²) in [4.78, 5) is 0. The van der Waals surface area contributed by atoms with Gasteiger partial charge in [0.05, 0.1) is 11.4 Å². The number of aryl methyl sites for hydroxylation is 3. The molecule has 7 heteroatoms. The molecular formula is C8H13N6Y-. The van der Waals surface area contributed by atoms with Gasteiger partial charge in [-0.05, 0) is 13.8 Å². The van der Waals surface area contributed by atoms with Gasteiger partial charge in [-0.15, -0.1) is 16.5 Å². The third kappa shape index (κ3) is 4.62. The van der Waals surface area contributed by atoms with Crippen molar-refractivity contribution < 1.29 is 32.7 Å². The van der Waals surface area contributed by atoms with E-state index in [-0.39, 0.29) is 32.7 Å². The van der Waals surface area contributed by atoms with E-state index in [9.17, 15) is 0 Å². The van der Waals surface area contributed by atoms with E-state index >= 15 is 0 Å². The van der Waals surface area contributed by atoms with Gasteiger partial charge in [0.25, 0.3) is 0 Å². The zero-order valence-electron chi connectivity index (χ0n) is 9.34. The zero-order chi connectivity index (χ0) is 10.6. The number of rotatable bonds is 0. The summed E-state index contributed by atoms with van der Waals surface area (Å²) in [6, 6.07) is 0. The number of hydrogen-bond donors (Lipinski definition) is 0. The Kier molecular flexibility index (Phi) is 6.51. The Hall–Kier alpha value is -0.616. The maximum absolute atomic E-state index is 3.83. The molecule has 0 atom stereocenters. The van der Waals surface area contributed by atoms with Gasteiger partial charge < -0.3 is 11.3 Å². The molecule has 0 spiro atoms. The summed E-state index contributed by atoms with van der Waals surface area (Å²) in [5.41, 5.74) is 2.14. The van der Waals surface area contributed by atoms with E-state index in [0.717, 1.165) is 11.4 Å². The fraction of sp³-hybridized carbons (Fsp3) is 0.500. The maximum Gasteiger partial charge on any atom is 0.0825 e. The fourth-order valence-corrected chi connectivity index (χ4v) is 0.739. The SMILES string of the molecule is Cc1nnn(C)c1C.Cn1c[c-]nn1.[Y]. The van der Waals surface area contributed by atoms with Crippen LogP contribution in [0, 0.1) is 20.0 Å². The van der Waals surface area contributed by atoms with Gasteiger partial charge in [0.15, 0.2) is 0 Å². The van der Waals surface area contributed by atoms with Crippen molar-refractivity contribution in [3.8, 4) is 0 Å². The number of hydrogen-bond acceptors (Lipinski definition) is 4. The van der Waals surface area contributed by atoms with Crippen molar-refractivity contribution in [2.75, 3.05) is 0 Å². The van der Waals surface area contributed by atoms with E-state index in [2.05, 4.69) is 26.8 Å². The first kappa shape index (κ1) is 14.4. The van der Waals surface area contributed by atoms with Crippen molar-refractivity contribution >= 4 is 0 Å². The smallest absolute Gasteiger partial charge is 0.0825 e. The van der Waals surface area contributed by atoms with Gasteiger partial charge in [-0.1, -0.05) is 5.21 Å². The van der Waals surface area contributed by atoms with Crippen molar-refractivity contribution in [1.82, 2.24) is 30.0 Å². The minimum atomic E-state index is 0. The molecule has 0 aliphatic carbocycles. The molecular weight excluding hydrogens is 269 g/mol. The van der Waals surface area contributed by atoms with Gasteiger partial charge in [0, 0.05) is 46.8 Å². The Labute approximate surface area is 114 Å². The fourth-order valence-electron chi connectivity index (χ4n) is 0.739. The maximum atomic E-state index is 3.83. The molecule has 0 aliphatic rings. The van der Waals surface area contributed by atoms with Crippen LogP contribution in [0.3, 0.4) is 0 Å². The second-order valence-corrected chi connectivity index (χ2v) is 2.91. The van der Waals surface area contributed by atoms with E-state index in [1.807, 2.05) is 20.9 Å². The van der Waals surface area contributed by atoms with Gasteiger partial charge >= 0.3 is 0 Å². The van der Waals surface area contributed by atoms with Crippen molar-refractivity contribution in [2.24, 2.45) is 14.1 Å². The van der Waals surface area contributed by atoms with Crippen molar-refractivity contribution in [3.63, 3.8) is 0 Å². The van der Waals surface area contributed by atoms with Gasteiger partial charge in [-0.3, -0.25) is 9.36 Å². The summed E-state index contributed by atoms with van der Waals surface area (Å²) in [5.74, 6) is 0. The Morgan fingerprint density at radius 2 is 1.87 bits per heavy atom. The van der Waals surface area contributed by atoms with Crippen LogP contribution in [0.5, 0.6) is 0 Å². The third-order valence-electron chi connectivity index (χ3n) is 1.83. The second-order valence-electron chi connectivity index (χ2n) is 2.91. The molecule has 0 unspecified atom stereocenters. The average molecular weight is 282 g/mol. The summed E-state index contributed by atoms with van der Waals surface area (Å²) >= 11 is 0. The quantitative estimate of drug-likeness (QED) is 0.640. The van der Waals surface area contributed by atoms with E-state index in [4.69, 9.17) is 0 Å². The molecule has 79 valence electrons. The molecule has 2 heterocycles. The molecule has 0 fully saturated rings. The zero-order valence-corrected chi connectivity index (χ0v) is 12.2. The van der Waals surface area contributed by atoms with Gasteiger partial charge in [0.1, 0.15) is 0 Å². The molecule has 2 rings (SSSR count). The minimum Gasteiger partial charge on any atom is -0.352 e. The van der Waals surface area contributed by atoms with E-state index in [1.54, 1.807) is 22.6 Å². The molecule has 2 aromatic rings. The Bertz CT molecular complexity index is 360. The first-order chi connectivity index (χ1) is 6.61. The topological polar surface area (TPSA) is 61.4 Å². The molecule has 0 aromatic carbocycles. The second kappa shape index (κ2) is 6.79. The Morgan fingerprint density at radius 3 is 2.00 bits per heavy atom. The van der Waals surface area contributed by atoms with Gasteiger partial charge in [-0.2, -0.15) is 0 Å². The molecule has 0 aliphatic heterocycles. The first-order valence-electron chi connectivity index (χ1n) is 4.16. The molecule has 0 amide bonds. The Balaban J connectivity index is 0.000000253. The molecule has 2 aromatic heterocycles. The standard InChI is InChI=1S/C5H9N3.C3H4N3.Y/c1-4-5(2)8(3)7-6-4;1-6-3-2-4-5-6;/h1-3H3;3H,1H3;/q;-1;. The van der Waals surface area contributed by atoms with Gasteiger partial charge in [0.2, 0.25) is 0 Å². The van der Waals surface area contributed by atoms with Crippen LogP contribution in [0.15, 0.2) is 6.20 Å². The van der Waals surface area contributed by atoms with Crippen molar-refractivity contribution in [3.05, 3.63) is 23.8 Å². The normalized spacial score (nSPS) is 8.80. The first-order valence-corrected chi connectivity index (χ1v) is 4.16. The average Bonchev–Trinajstić information content (AvgIpc) is 2.73. The number of nitrogens with zero attached hydrogens (tertiary/aromatic N) is 6. The summed E-state index contributed by atoms with van der Waals surface area (Å²) in [6.07, 6.45) is 4.18. The largest absolute Gasteiger partial charge is 0.352 e. The van der Waals surface area contributed by atoms with Crippen LogP contribution >= 0.6 is 0 Å². The molecule has 0 saturated heterocycles. The van der Waals surface area contributed by atoms with E-state index in [0.29, 0.717) is 0 Å². The molecule has 0 bridgehead atoms. The molecule has 6 nitrogen and oxygen atoms in total. The molecule has 1 radical (unpaired) electrons. The van der Waals surface area contributed by atoms with Crippen molar-refractivity contribution in [2.45, 2.75) is 13.8 Å². The minimum absolute atomic E-state index is 0. The van der Waals surface area contributed by atoms with Crippen molar-refractivity contribution in [1.29, 1.82) is 0 Å². The van der Waals surface area contributed by atoms with Crippen LogP contribution in [0.1, 0.15) is 11.4 Å². The molecule has 0 N–H and O–H groups in total. The molecule has 0 saturated carbocycles. The van der Waals surface area contributed by atoms with Crippen LogP contribution in [0.4, 0.5) is 0 Å². The van der Waals surface area contributed by atoms with Crippen LogP contribution in [0.2, 0.25) is 0 Å². The van der Waals surface area contributed by atoms with Crippen LogP contribution in [-0.4, -0.2) is 30.0 Å².